The first kappa shape index (κ1) is 33.2. The topological polar surface area (TPSA) is 91.7 Å². The summed E-state index contributed by atoms with van der Waals surface area (Å²) < 4.78 is 14.3. The molecule has 1 rings (SSSR count). The number of nitrogens with zero attached hydrogens (tertiary/aromatic N) is 2. The molecular weight excluding hydrogens is 485 g/mol. The van der Waals surface area contributed by atoms with Crippen LogP contribution in [0.1, 0.15) is 98.1 Å². The van der Waals surface area contributed by atoms with Crippen LogP contribution in [0.5, 0.6) is 0 Å². The quantitative estimate of drug-likeness (QED) is 0.170. The van der Waals surface area contributed by atoms with Crippen molar-refractivity contribution < 1.29 is 18.6 Å². The van der Waals surface area contributed by atoms with E-state index in [0.717, 1.165) is 12.0 Å². The molecule has 0 saturated heterocycles. The number of nitriles is 1. The van der Waals surface area contributed by atoms with E-state index >= 15 is 0 Å². The zero-order valence-electron chi connectivity index (χ0n) is 24.1. The van der Waals surface area contributed by atoms with Crippen LogP contribution in [0.4, 0.5) is 0 Å². The molecule has 3 atom stereocenters. The van der Waals surface area contributed by atoms with Crippen molar-refractivity contribution in [2.24, 2.45) is 5.92 Å². The molecule has 0 aliphatic carbocycles. The molecule has 0 aliphatic rings. The van der Waals surface area contributed by atoms with Crippen LogP contribution in [-0.2, 0) is 25.1 Å². The second-order valence-electron chi connectivity index (χ2n) is 10.5. The van der Waals surface area contributed by atoms with Crippen molar-refractivity contribution in [1.82, 2.24) is 9.99 Å². The second kappa shape index (κ2) is 17.6. The fourth-order valence-electron chi connectivity index (χ4n) is 4.08. The number of carbonyl (C=O) groups excluding carboxylic acids is 2. The highest BCUT2D eigenvalue weighted by Crippen LogP contribution is 2.46. The molecule has 37 heavy (non-hydrogen) atoms. The van der Waals surface area contributed by atoms with E-state index in [-0.39, 0.29) is 48.6 Å². The Morgan fingerprint density at radius 2 is 1.62 bits per heavy atom. The highest BCUT2D eigenvalue weighted by molar-refractivity contribution is 7.44. The average Bonchev–Trinajstić information content (AvgIpc) is 2.84. The van der Waals surface area contributed by atoms with Crippen LogP contribution < -0.4 is 5.32 Å². The average molecular weight is 534 g/mol. The predicted octanol–water partition coefficient (Wildman–Crippen LogP) is 6.53. The van der Waals surface area contributed by atoms with Crippen LogP contribution in [0.2, 0.25) is 0 Å². The Labute approximate surface area is 226 Å². The number of ketones is 1. The molecule has 7 nitrogen and oxygen atoms in total. The van der Waals surface area contributed by atoms with Gasteiger partial charge in [0.05, 0.1) is 31.7 Å². The van der Waals surface area contributed by atoms with Crippen LogP contribution in [0.25, 0.3) is 0 Å². The zero-order chi connectivity index (χ0) is 28.0. The Balaban J connectivity index is 2.62. The summed E-state index contributed by atoms with van der Waals surface area (Å²) in [7, 11) is -1.36. The fourth-order valence-corrected chi connectivity index (χ4v) is 5.73. The normalized spacial score (nSPS) is 14.1. The van der Waals surface area contributed by atoms with Gasteiger partial charge in [-0.05, 0) is 57.6 Å². The highest BCUT2D eigenvalue weighted by Gasteiger charge is 2.28. The number of amides is 1. The van der Waals surface area contributed by atoms with Gasteiger partial charge in [-0.15, -0.1) is 0 Å². The lowest BCUT2D eigenvalue weighted by atomic mass is 9.92. The van der Waals surface area contributed by atoms with Crippen molar-refractivity contribution in [3.8, 4) is 6.07 Å². The summed E-state index contributed by atoms with van der Waals surface area (Å²) in [6.07, 6.45) is 2.38. The molecule has 0 fully saturated rings. The van der Waals surface area contributed by atoms with E-state index < -0.39 is 8.53 Å². The molecule has 0 heterocycles. The number of carbonyl (C=O) groups is 2. The Hall–Kier alpha value is -1.84. The molecule has 208 valence electrons. The monoisotopic (exact) mass is 533 g/mol. The smallest absolute Gasteiger partial charge is 0.259 e. The Morgan fingerprint density at radius 3 is 2.14 bits per heavy atom. The summed E-state index contributed by atoms with van der Waals surface area (Å²) >= 11 is 0. The molecule has 0 radical (unpaired) electrons. The maximum atomic E-state index is 12.8. The Bertz CT molecular complexity index is 844. The third kappa shape index (κ3) is 12.5. The largest absolute Gasteiger partial charge is 0.351 e. The van der Waals surface area contributed by atoms with Gasteiger partial charge in [0, 0.05) is 30.8 Å². The van der Waals surface area contributed by atoms with Crippen molar-refractivity contribution in [2.45, 2.75) is 112 Å². The SMILES string of the molecule is CCC(COP(OCCC#N)N(C(C)C)C(C)C)NC(=O)CCC(=O)[C@@H](C)c1ccc(CC(C)C)cc1. The third-order valence-electron chi connectivity index (χ3n) is 6.11. The molecule has 1 amide bonds. The van der Waals surface area contributed by atoms with Gasteiger partial charge in [-0.2, -0.15) is 5.26 Å². The van der Waals surface area contributed by atoms with Gasteiger partial charge in [0.25, 0.3) is 8.53 Å². The number of Topliss-reactive ketones (excluding diaryl/α,β-unsaturated/α-hetero) is 1. The molecule has 0 spiro atoms. The van der Waals surface area contributed by atoms with Crippen molar-refractivity contribution >= 4 is 20.2 Å². The van der Waals surface area contributed by atoms with Crippen LogP contribution in [-0.4, -0.2) is 47.7 Å². The minimum absolute atomic E-state index is 0.0648. The van der Waals surface area contributed by atoms with Gasteiger partial charge in [-0.25, -0.2) is 4.67 Å². The molecule has 0 aliphatic heterocycles. The van der Waals surface area contributed by atoms with Crippen molar-refractivity contribution in [2.75, 3.05) is 13.2 Å². The molecule has 1 aromatic carbocycles. The molecule has 8 heteroatoms. The Kier molecular flexibility index (Phi) is 15.8. The van der Waals surface area contributed by atoms with Gasteiger partial charge in [0.2, 0.25) is 5.91 Å². The van der Waals surface area contributed by atoms with Gasteiger partial charge in [0.15, 0.2) is 0 Å². The van der Waals surface area contributed by atoms with Crippen LogP contribution >= 0.6 is 8.53 Å². The lowest BCUT2D eigenvalue weighted by Crippen LogP contribution is -2.39. The third-order valence-corrected chi connectivity index (χ3v) is 8.19. The minimum atomic E-state index is -1.36. The number of hydrogen-bond donors (Lipinski definition) is 1. The lowest BCUT2D eigenvalue weighted by Gasteiger charge is -2.36. The van der Waals surface area contributed by atoms with Crippen LogP contribution in [0.3, 0.4) is 0 Å². The summed E-state index contributed by atoms with van der Waals surface area (Å²) in [4.78, 5) is 25.4. The van der Waals surface area contributed by atoms with E-state index in [2.05, 4.69) is 69.7 Å². The molecule has 1 aromatic rings. The highest BCUT2D eigenvalue weighted by atomic mass is 31.2. The molecule has 0 bridgehead atoms. The summed E-state index contributed by atoms with van der Waals surface area (Å²) in [6.45, 7) is 17.2. The first-order valence-electron chi connectivity index (χ1n) is 13.6. The standard InChI is InChI=1S/C29H48N3O4P/c1-9-27(20-36-37(35-18-10-17-30)32(22(4)5)23(6)7)31-29(34)16-15-28(33)24(8)26-13-11-25(12-14-26)19-21(2)3/h11-14,21-24,27H,9-10,15-16,18-20H2,1-8H3,(H,31,34)/t24-,27?,37?/m0/s1. The zero-order valence-corrected chi connectivity index (χ0v) is 25.0. The van der Waals surface area contributed by atoms with E-state index in [1.807, 2.05) is 26.0 Å². The summed E-state index contributed by atoms with van der Waals surface area (Å²) in [6, 6.07) is 10.6. The molecule has 1 N–H and O–H groups in total. The number of benzene rings is 1. The maximum Gasteiger partial charge on any atom is 0.259 e. The van der Waals surface area contributed by atoms with Crippen molar-refractivity contribution in [3.05, 3.63) is 35.4 Å². The van der Waals surface area contributed by atoms with E-state index in [1.54, 1.807) is 0 Å². The molecule has 0 aromatic heterocycles. The fraction of sp³-hybridized carbons (Fsp3) is 0.690. The molecule has 0 saturated carbocycles. The van der Waals surface area contributed by atoms with Gasteiger partial charge >= 0.3 is 0 Å². The lowest BCUT2D eigenvalue weighted by molar-refractivity contribution is -0.126. The maximum absolute atomic E-state index is 12.8. The van der Waals surface area contributed by atoms with E-state index in [4.69, 9.17) is 14.3 Å². The van der Waals surface area contributed by atoms with Crippen molar-refractivity contribution in [1.29, 1.82) is 5.26 Å². The number of nitrogens with one attached hydrogen (secondary N) is 1. The Morgan fingerprint density at radius 1 is 1.00 bits per heavy atom. The van der Waals surface area contributed by atoms with E-state index in [1.165, 1.54) is 5.56 Å². The first-order chi connectivity index (χ1) is 17.5. The minimum Gasteiger partial charge on any atom is -0.351 e. The van der Waals surface area contributed by atoms with E-state index in [0.29, 0.717) is 32.0 Å². The molecule has 2 unspecified atom stereocenters. The van der Waals surface area contributed by atoms with Gasteiger partial charge in [0.1, 0.15) is 5.78 Å². The van der Waals surface area contributed by atoms with Gasteiger partial charge in [-0.3, -0.25) is 9.59 Å². The first-order valence-corrected chi connectivity index (χ1v) is 14.7. The van der Waals surface area contributed by atoms with Gasteiger partial charge < -0.3 is 14.4 Å². The van der Waals surface area contributed by atoms with Gasteiger partial charge in [-0.1, -0.05) is 52.0 Å². The van der Waals surface area contributed by atoms with E-state index in [9.17, 15) is 9.59 Å². The summed E-state index contributed by atoms with van der Waals surface area (Å²) in [5.74, 6) is 0.268. The summed E-state index contributed by atoms with van der Waals surface area (Å²) in [5, 5.41) is 11.9. The second-order valence-corrected chi connectivity index (χ2v) is 12.0. The number of hydrogen-bond acceptors (Lipinski definition) is 6. The van der Waals surface area contributed by atoms with Crippen molar-refractivity contribution in [3.63, 3.8) is 0 Å². The molecular formula is C29H48N3O4P. The van der Waals surface area contributed by atoms with Crippen LogP contribution in [0, 0.1) is 17.2 Å². The number of rotatable bonds is 18. The summed E-state index contributed by atoms with van der Waals surface area (Å²) in [5.41, 5.74) is 2.26. The predicted molar refractivity (Wildman–Crippen MR) is 151 cm³/mol. The van der Waals surface area contributed by atoms with Crippen LogP contribution in [0.15, 0.2) is 24.3 Å².